The standard InChI is InChI=1S/C12H11N3O2S/c16-9-6-10(17)15(7-9)12-14-13-11(18-12)8-4-2-1-3-5-8/h1-5,9,16H,6-7H2. The van der Waals surface area contributed by atoms with Crippen LogP contribution in [-0.2, 0) is 4.79 Å². The zero-order valence-electron chi connectivity index (χ0n) is 9.48. The minimum Gasteiger partial charge on any atom is -0.391 e. The monoisotopic (exact) mass is 261 g/mol. The van der Waals surface area contributed by atoms with Crippen LogP contribution in [0, 0.1) is 0 Å². The Labute approximate surface area is 108 Å². The Morgan fingerprint density at radius 2 is 2.06 bits per heavy atom. The van der Waals surface area contributed by atoms with E-state index < -0.39 is 6.10 Å². The maximum Gasteiger partial charge on any atom is 0.231 e. The predicted octanol–water partition coefficient (Wildman–Crippen LogP) is 1.30. The van der Waals surface area contributed by atoms with Crippen LogP contribution >= 0.6 is 11.3 Å². The molecule has 6 heteroatoms. The van der Waals surface area contributed by atoms with Gasteiger partial charge in [0.15, 0.2) is 0 Å². The van der Waals surface area contributed by atoms with Crippen molar-refractivity contribution in [3.8, 4) is 10.6 Å². The molecule has 1 aromatic carbocycles. The van der Waals surface area contributed by atoms with E-state index in [1.54, 1.807) is 0 Å². The van der Waals surface area contributed by atoms with E-state index in [2.05, 4.69) is 10.2 Å². The van der Waals surface area contributed by atoms with Crippen LogP contribution in [0.5, 0.6) is 0 Å². The zero-order valence-corrected chi connectivity index (χ0v) is 10.3. The van der Waals surface area contributed by atoms with E-state index >= 15 is 0 Å². The van der Waals surface area contributed by atoms with Crippen LogP contribution in [0.25, 0.3) is 10.6 Å². The Morgan fingerprint density at radius 1 is 1.28 bits per heavy atom. The van der Waals surface area contributed by atoms with Gasteiger partial charge in [0.1, 0.15) is 5.01 Å². The summed E-state index contributed by atoms with van der Waals surface area (Å²) in [7, 11) is 0. The second kappa shape index (κ2) is 4.47. The van der Waals surface area contributed by atoms with E-state index in [1.165, 1.54) is 16.2 Å². The molecule has 0 aliphatic carbocycles. The average molecular weight is 261 g/mol. The van der Waals surface area contributed by atoms with Crippen LogP contribution < -0.4 is 4.90 Å². The molecule has 0 spiro atoms. The molecule has 5 nitrogen and oxygen atoms in total. The fourth-order valence-corrected chi connectivity index (χ4v) is 2.77. The number of β-amino-alcohol motifs (C(OH)–C–C–N with tert-alkyl or cyclic N) is 1. The number of amides is 1. The molecule has 2 aromatic rings. The molecule has 1 atom stereocenters. The van der Waals surface area contributed by atoms with Gasteiger partial charge in [-0.3, -0.25) is 9.69 Å². The molecule has 1 unspecified atom stereocenters. The minimum atomic E-state index is -0.596. The lowest BCUT2D eigenvalue weighted by molar-refractivity contribution is -0.117. The van der Waals surface area contributed by atoms with Gasteiger partial charge in [-0.1, -0.05) is 41.7 Å². The number of aliphatic hydroxyl groups excluding tert-OH is 1. The highest BCUT2D eigenvalue weighted by Gasteiger charge is 2.31. The summed E-state index contributed by atoms with van der Waals surface area (Å²) in [5.74, 6) is -0.0988. The molecule has 1 aromatic heterocycles. The molecule has 1 aliphatic rings. The Balaban J connectivity index is 1.88. The van der Waals surface area contributed by atoms with Crippen molar-refractivity contribution in [3.05, 3.63) is 30.3 Å². The molecular weight excluding hydrogens is 250 g/mol. The Hall–Kier alpha value is -1.79. The molecule has 2 heterocycles. The van der Waals surface area contributed by atoms with Gasteiger partial charge < -0.3 is 5.11 Å². The van der Waals surface area contributed by atoms with Gasteiger partial charge >= 0.3 is 0 Å². The van der Waals surface area contributed by atoms with Crippen LogP contribution in [0.4, 0.5) is 5.13 Å². The molecule has 1 fully saturated rings. The van der Waals surface area contributed by atoms with Gasteiger partial charge in [-0.05, 0) is 0 Å². The van der Waals surface area contributed by atoms with Crippen molar-refractivity contribution in [1.29, 1.82) is 0 Å². The summed E-state index contributed by atoms with van der Waals surface area (Å²) in [6.45, 7) is 0.308. The maximum atomic E-state index is 11.6. The molecule has 92 valence electrons. The van der Waals surface area contributed by atoms with Crippen molar-refractivity contribution in [3.63, 3.8) is 0 Å². The highest BCUT2D eigenvalue weighted by molar-refractivity contribution is 7.18. The summed E-state index contributed by atoms with van der Waals surface area (Å²) in [6.07, 6.45) is -0.429. The Kier molecular flexibility index (Phi) is 2.81. The SMILES string of the molecule is O=C1CC(O)CN1c1nnc(-c2ccccc2)s1. The molecule has 0 radical (unpaired) electrons. The Bertz CT molecular complexity index is 570. The lowest BCUT2D eigenvalue weighted by atomic mass is 10.2. The minimum absolute atomic E-state index is 0.0988. The van der Waals surface area contributed by atoms with Crippen molar-refractivity contribution >= 4 is 22.4 Å². The number of carbonyl (C=O) groups is 1. The Morgan fingerprint density at radius 3 is 2.72 bits per heavy atom. The fraction of sp³-hybridized carbons (Fsp3) is 0.250. The van der Waals surface area contributed by atoms with Gasteiger partial charge in [0.05, 0.1) is 19.1 Å². The summed E-state index contributed by atoms with van der Waals surface area (Å²) in [4.78, 5) is 13.1. The largest absolute Gasteiger partial charge is 0.391 e. The van der Waals surface area contributed by atoms with Gasteiger partial charge in [-0.15, -0.1) is 10.2 Å². The summed E-state index contributed by atoms with van der Waals surface area (Å²) in [5.41, 5.74) is 0.980. The van der Waals surface area contributed by atoms with Crippen molar-refractivity contribution in [2.24, 2.45) is 0 Å². The highest BCUT2D eigenvalue weighted by atomic mass is 32.1. The third-order valence-corrected chi connectivity index (χ3v) is 3.77. The van der Waals surface area contributed by atoms with Gasteiger partial charge in [0.25, 0.3) is 0 Å². The lowest BCUT2D eigenvalue weighted by Gasteiger charge is -2.09. The van der Waals surface area contributed by atoms with E-state index in [1.807, 2.05) is 30.3 Å². The van der Waals surface area contributed by atoms with Gasteiger partial charge in [0, 0.05) is 5.56 Å². The number of anilines is 1. The first-order valence-electron chi connectivity index (χ1n) is 5.61. The number of hydrogen-bond donors (Lipinski definition) is 1. The second-order valence-corrected chi connectivity index (χ2v) is 5.07. The first-order chi connectivity index (χ1) is 8.74. The van der Waals surface area contributed by atoms with Crippen molar-refractivity contribution < 1.29 is 9.90 Å². The van der Waals surface area contributed by atoms with Crippen LogP contribution in [0.2, 0.25) is 0 Å². The number of aromatic nitrogens is 2. The smallest absolute Gasteiger partial charge is 0.231 e. The number of carbonyl (C=O) groups excluding carboxylic acids is 1. The van der Waals surface area contributed by atoms with E-state index in [0.29, 0.717) is 11.7 Å². The number of aliphatic hydroxyl groups is 1. The fourth-order valence-electron chi connectivity index (χ4n) is 1.90. The third kappa shape index (κ3) is 2.00. The predicted molar refractivity (Wildman–Crippen MR) is 68.3 cm³/mol. The van der Waals surface area contributed by atoms with Crippen LogP contribution in [0.1, 0.15) is 6.42 Å². The lowest BCUT2D eigenvalue weighted by Crippen LogP contribution is -2.24. The number of hydrogen-bond acceptors (Lipinski definition) is 5. The number of rotatable bonds is 2. The van der Waals surface area contributed by atoms with E-state index in [0.717, 1.165) is 10.6 Å². The summed E-state index contributed by atoms with van der Waals surface area (Å²) in [5, 5.41) is 18.9. The third-order valence-electron chi connectivity index (χ3n) is 2.77. The van der Waals surface area contributed by atoms with Crippen LogP contribution in [0.3, 0.4) is 0 Å². The average Bonchev–Trinajstić information content (AvgIpc) is 2.97. The van der Waals surface area contributed by atoms with Crippen molar-refractivity contribution in [2.45, 2.75) is 12.5 Å². The van der Waals surface area contributed by atoms with Crippen molar-refractivity contribution in [1.82, 2.24) is 10.2 Å². The topological polar surface area (TPSA) is 66.3 Å². The number of nitrogens with zero attached hydrogens (tertiary/aromatic N) is 3. The highest BCUT2D eigenvalue weighted by Crippen LogP contribution is 2.30. The van der Waals surface area contributed by atoms with Gasteiger partial charge in [0.2, 0.25) is 11.0 Å². The molecule has 18 heavy (non-hydrogen) atoms. The van der Waals surface area contributed by atoms with Crippen molar-refractivity contribution in [2.75, 3.05) is 11.4 Å². The van der Waals surface area contributed by atoms with E-state index in [-0.39, 0.29) is 12.3 Å². The first-order valence-corrected chi connectivity index (χ1v) is 6.43. The van der Waals surface area contributed by atoms with Gasteiger partial charge in [-0.25, -0.2) is 0 Å². The molecule has 1 saturated heterocycles. The van der Waals surface area contributed by atoms with Crippen LogP contribution in [-0.4, -0.2) is 33.9 Å². The molecule has 1 N–H and O–H groups in total. The normalized spacial score (nSPS) is 19.5. The van der Waals surface area contributed by atoms with E-state index in [4.69, 9.17) is 0 Å². The quantitative estimate of drug-likeness (QED) is 0.885. The molecule has 1 aliphatic heterocycles. The summed E-state index contributed by atoms with van der Waals surface area (Å²) < 4.78 is 0. The molecule has 3 rings (SSSR count). The molecule has 0 saturated carbocycles. The second-order valence-electron chi connectivity index (χ2n) is 4.12. The molecular formula is C12H11N3O2S. The van der Waals surface area contributed by atoms with Crippen LogP contribution in [0.15, 0.2) is 30.3 Å². The van der Waals surface area contributed by atoms with Gasteiger partial charge in [-0.2, -0.15) is 0 Å². The maximum absolute atomic E-state index is 11.6. The summed E-state index contributed by atoms with van der Waals surface area (Å²) in [6, 6.07) is 9.70. The first kappa shape index (κ1) is 11.3. The van der Waals surface area contributed by atoms with E-state index in [9.17, 15) is 9.90 Å². The molecule has 1 amide bonds. The summed E-state index contributed by atoms with van der Waals surface area (Å²) >= 11 is 1.36. The molecule has 0 bridgehead atoms. The number of benzene rings is 1. The zero-order chi connectivity index (χ0) is 12.5.